The molecule has 3 heterocycles. The Bertz CT molecular complexity index is 2030. The van der Waals surface area contributed by atoms with Crippen LogP contribution in [0.4, 0.5) is 4.79 Å². The molecule has 18 atom stereocenters. The number of aliphatic hydroxyl groups is 5. The molecular weight excluding hydrogens is 931 g/mol. The summed E-state index contributed by atoms with van der Waals surface area (Å²) in [6, 6.07) is 18.4. The predicted octanol–water partition coefficient (Wildman–Crippen LogP) is 5.43. The van der Waals surface area contributed by atoms with E-state index >= 15 is 0 Å². The minimum absolute atomic E-state index is 0.0585. The number of carbonyl (C=O) groups excluding carboxylic acids is 2. The number of oxime groups is 1. The highest BCUT2D eigenvalue weighted by molar-refractivity contribution is 5.88. The van der Waals surface area contributed by atoms with Gasteiger partial charge in [-0.1, -0.05) is 93.5 Å². The molecule has 0 bridgehead atoms. The van der Waals surface area contributed by atoms with E-state index in [9.17, 15) is 35.1 Å². The third-order valence-corrected chi connectivity index (χ3v) is 15.2. The third kappa shape index (κ3) is 14.5. The first-order valence-corrected chi connectivity index (χ1v) is 25.6. The van der Waals surface area contributed by atoms with Crippen LogP contribution in [-0.2, 0) is 55.9 Å². The molecule has 1 amide bonds. The van der Waals surface area contributed by atoms with Gasteiger partial charge >= 0.3 is 12.1 Å². The Labute approximate surface area is 426 Å². The fourth-order valence-corrected chi connectivity index (χ4v) is 10.7. The summed E-state index contributed by atoms with van der Waals surface area (Å²) < 4.78 is 43.8. The van der Waals surface area contributed by atoms with E-state index in [0.29, 0.717) is 6.42 Å². The Hall–Kier alpha value is -3.79. The zero-order chi connectivity index (χ0) is 53.3. The van der Waals surface area contributed by atoms with Crippen LogP contribution in [0.5, 0.6) is 0 Å². The molecule has 0 radical (unpaired) electrons. The number of cyclic esters (lactones) is 1. The Balaban J connectivity index is 1.55. The van der Waals surface area contributed by atoms with E-state index < -0.39 is 108 Å². The van der Waals surface area contributed by atoms with Crippen LogP contribution >= 0.6 is 0 Å². The molecule has 5 N–H and O–H groups in total. The minimum atomic E-state index is -2.04. The molecule has 0 aromatic heterocycles. The topological polar surface area (TPSA) is 228 Å². The lowest BCUT2D eigenvalue weighted by Gasteiger charge is -2.49. The van der Waals surface area contributed by atoms with Crippen LogP contribution < -0.4 is 0 Å². The van der Waals surface area contributed by atoms with Crippen molar-refractivity contribution in [2.45, 2.75) is 192 Å². The van der Waals surface area contributed by atoms with Crippen molar-refractivity contribution in [1.29, 1.82) is 0 Å². The Morgan fingerprint density at radius 2 is 1.47 bits per heavy atom. The van der Waals surface area contributed by atoms with E-state index in [0.717, 1.165) is 11.1 Å². The van der Waals surface area contributed by atoms with Gasteiger partial charge in [0.05, 0.1) is 59.9 Å². The zero-order valence-electron chi connectivity index (χ0n) is 44.8. The summed E-state index contributed by atoms with van der Waals surface area (Å²) in [5.74, 6) is -4.41. The van der Waals surface area contributed by atoms with E-state index in [1.165, 1.54) is 18.9 Å². The van der Waals surface area contributed by atoms with Crippen LogP contribution in [0.1, 0.15) is 106 Å². The van der Waals surface area contributed by atoms with Crippen LogP contribution in [0, 0.1) is 23.7 Å². The SMILES string of the molecule is CC[C@H]1OC(=O)[C@H](C)[C@@H](O[C@H]2C[C@@](C)(OC)[C@@H](O)[C@H](C)O2)[C@H](C)[C@@H](O[C@@H]2O[C@H](C)CC(N(C)C)[C@H]2O)[C@](C)(O)C[C@@H](C)/C(=N\OCCN(Cc2ccccc2)C(=O)OCc2ccccc2)[C@H](C)[C@@H](O)[C@]1(C)O. The van der Waals surface area contributed by atoms with Gasteiger partial charge < -0.3 is 73.3 Å². The fraction of sp³-hybridized carbons (Fsp3) is 0.722. The highest BCUT2D eigenvalue weighted by atomic mass is 16.7. The van der Waals surface area contributed by atoms with Crippen molar-refractivity contribution in [3.63, 3.8) is 0 Å². The monoisotopic (exact) mass is 1020 g/mol. The summed E-state index contributed by atoms with van der Waals surface area (Å²) in [5, 5.41) is 65.0. The maximum Gasteiger partial charge on any atom is 0.410 e. The lowest BCUT2D eigenvalue weighted by atomic mass is 9.73. The standard InChI is InChI=1S/C54H85N3O15/c1-14-41-54(10,64)46(59)34(4)43(55-67-26-25-57(30-38-21-17-15-18-22-38)51(62)66-31-39-23-19-16-20-24-39)32(2)28-52(8,63)48(72-50-44(58)40(56(11)12)27-33(3)68-50)35(5)45(36(6)49(61)70-41)71-42-29-53(9,65-13)47(60)37(7)69-42/h15-24,32-37,40-42,44-48,50,58-60,63-64H,14,25-31H2,1-13H3/b55-43+/t32-,33-,34+,35+,36-,37+,40?,41-,42+,44-,45+,46-,47+,48-,50+,52-,53-,54-/m1/s1. The number of likely N-dealkylation sites (N-methyl/N-ethyl adjacent to an activating group) is 1. The summed E-state index contributed by atoms with van der Waals surface area (Å²) in [5.41, 5.74) is -3.01. The van der Waals surface area contributed by atoms with Gasteiger partial charge in [0.15, 0.2) is 12.6 Å². The van der Waals surface area contributed by atoms with E-state index in [2.05, 4.69) is 5.16 Å². The van der Waals surface area contributed by atoms with Gasteiger partial charge in [-0.15, -0.1) is 0 Å². The van der Waals surface area contributed by atoms with Crippen LogP contribution in [0.15, 0.2) is 65.8 Å². The van der Waals surface area contributed by atoms with Crippen LogP contribution in [0.2, 0.25) is 0 Å². The molecule has 3 aliphatic heterocycles. The first-order valence-electron chi connectivity index (χ1n) is 25.6. The first kappa shape index (κ1) is 59.1. The van der Waals surface area contributed by atoms with Crippen molar-refractivity contribution < 1.29 is 73.1 Å². The fourth-order valence-electron chi connectivity index (χ4n) is 10.7. The van der Waals surface area contributed by atoms with Crippen molar-refractivity contribution in [3.05, 3.63) is 71.8 Å². The van der Waals surface area contributed by atoms with E-state index in [-0.39, 0.29) is 63.4 Å². The highest BCUT2D eigenvalue weighted by Gasteiger charge is 2.53. The first-order chi connectivity index (χ1) is 33.8. The molecule has 72 heavy (non-hydrogen) atoms. The molecule has 1 unspecified atom stereocenters. The van der Waals surface area contributed by atoms with Gasteiger partial charge in [0.25, 0.3) is 0 Å². The van der Waals surface area contributed by atoms with Crippen LogP contribution in [0.3, 0.4) is 0 Å². The van der Waals surface area contributed by atoms with Gasteiger partial charge in [-0.2, -0.15) is 0 Å². The second-order valence-electron chi connectivity index (χ2n) is 21.4. The van der Waals surface area contributed by atoms with Crippen molar-refractivity contribution in [2.75, 3.05) is 34.4 Å². The summed E-state index contributed by atoms with van der Waals surface area (Å²) >= 11 is 0. The molecule has 3 aliphatic rings. The zero-order valence-corrected chi connectivity index (χ0v) is 44.8. The smallest absolute Gasteiger partial charge is 0.410 e. The number of nitrogens with zero attached hydrogens (tertiary/aromatic N) is 3. The van der Waals surface area contributed by atoms with Crippen molar-refractivity contribution in [2.24, 2.45) is 28.8 Å². The summed E-state index contributed by atoms with van der Waals surface area (Å²) in [6.07, 6.45) is -10.6. The minimum Gasteiger partial charge on any atom is -0.459 e. The van der Waals surface area contributed by atoms with Crippen molar-refractivity contribution >= 4 is 17.8 Å². The lowest BCUT2D eigenvalue weighted by molar-refractivity contribution is -0.317. The molecule has 0 saturated carbocycles. The predicted molar refractivity (Wildman–Crippen MR) is 268 cm³/mol. The van der Waals surface area contributed by atoms with Gasteiger partial charge in [0.1, 0.15) is 37.1 Å². The summed E-state index contributed by atoms with van der Waals surface area (Å²) in [6.45, 7) is 17.1. The molecule has 2 aromatic rings. The maximum absolute atomic E-state index is 14.6. The quantitative estimate of drug-likeness (QED) is 0.0852. The molecule has 3 fully saturated rings. The van der Waals surface area contributed by atoms with E-state index in [1.807, 2.05) is 93.5 Å². The average molecular weight is 1020 g/mol. The summed E-state index contributed by atoms with van der Waals surface area (Å²) in [4.78, 5) is 37.6. The Morgan fingerprint density at radius 3 is 2.07 bits per heavy atom. The second kappa shape index (κ2) is 25.6. The number of aliphatic hydroxyl groups excluding tert-OH is 3. The molecular formula is C54H85N3O15. The number of hydrogen-bond acceptors (Lipinski definition) is 17. The summed E-state index contributed by atoms with van der Waals surface area (Å²) in [7, 11) is 5.20. The van der Waals surface area contributed by atoms with Gasteiger partial charge in [0.2, 0.25) is 0 Å². The molecule has 3 saturated heterocycles. The number of rotatable bonds is 15. The molecule has 406 valence electrons. The Kier molecular flexibility index (Phi) is 21.0. The highest BCUT2D eigenvalue weighted by Crippen LogP contribution is 2.41. The number of benzene rings is 2. The van der Waals surface area contributed by atoms with E-state index in [4.69, 9.17) is 38.0 Å². The van der Waals surface area contributed by atoms with E-state index in [1.54, 1.807) is 48.5 Å². The van der Waals surface area contributed by atoms with Gasteiger partial charge in [-0.25, -0.2) is 4.79 Å². The molecule has 18 nitrogen and oxygen atoms in total. The molecule has 0 aliphatic carbocycles. The number of ether oxygens (including phenoxy) is 7. The van der Waals surface area contributed by atoms with Gasteiger partial charge in [-0.05, 0) is 86.0 Å². The number of carbonyl (C=O) groups is 2. The number of hydrogen-bond donors (Lipinski definition) is 5. The van der Waals surface area contributed by atoms with Crippen molar-refractivity contribution in [1.82, 2.24) is 9.80 Å². The van der Waals surface area contributed by atoms with Crippen LogP contribution in [0.25, 0.3) is 0 Å². The third-order valence-electron chi connectivity index (χ3n) is 15.2. The normalized spacial score (nSPS) is 39.0. The van der Waals surface area contributed by atoms with Crippen LogP contribution in [-0.4, -0.2) is 172 Å². The Morgan fingerprint density at radius 1 is 0.847 bits per heavy atom. The largest absolute Gasteiger partial charge is 0.459 e. The number of amides is 1. The maximum atomic E-state index is 14.6. The second-order valence-corrected chi connectivity index (χ2v) is 21.4. The molecule has 5 rings (SSSR count). The molecule has 18 heteroatoms. The molecule has 0 spiro atoms. The number of esters is 1. The van der Waals surface area contributed by atoms with Crippen molar-refractivity contribution in [3.8, 4) is 0 Å². The number of methoxy groups -OCH3 is 1. The van der Waals surface area contributed by atoms with Gasteiger partial charge in [0, 0.05) is 43.9 Å². The molecule has 2 aromatic carbocycles. The lowest BCUT2D eigenvalue weighted by Crippen LogP contribution is -2.61. The average Bonchev–Trinajstić information content (AvgIpc) is 3.34. The van der Waals surface area contributed by atoms with Gasteiger partial charge in [-0.3, -0.25) is 4.79 Å².